The van der Waals surface area contributed by atoms with E-state index in [1.807, 2.05) is 0 Å². The van der Waals surface area contributed by atoms with E-state index in [0.29, 0.717) is 22.6 Å². The van der Waals surface area contributed by atoms with E-state index in [1.54, 1.807) is 18.2 Å². The Morgan fingerprint density at radius 3 is 2.48 bits per heavy atom. The molecule has 2 aromatic rings. The molecule has 0 bridgehead atoms. The Morgan fingerprint density at radius 1 is 1.16 bits per heavy atom. The third-order valence-electron chi connectivity index (χ3n) is 4.34. The van der Waals surface area contributed by atoms with E-state index in [0.717, 1.165) is 6.07 Å². The van der Waals surface area contributed by atoms with E-state index in [2.05, 4.69) is 0 Å². The molecule has 2 unspecified atom stereocenters. The second-order valence-electron chi connectivity index (χ2n) is 5.77. The minimum absolute atomic E-state index is 0.298. The summed E-state index contributed by atoms with van der Waals surface area (Å²) in [7, 11) is 2.94. The molecule has 0 saturated heterocycles. The van der Waals surface area contributed by atoms with Crippen molar-refractivity contribution in [2.75, 3.05) is 14.2 Å². The van der Waals surface area contributed by atoms with Crippen molar-refractivity contribution in [3.8, 4) is 17.2 Å². The number of hydrogen-bond donors (Lipinski definition) is 1. The topological polar surface area (TPSA) is 55.8 Å². The minimum Gasteiger partial charge on any atom is -0.505 e. The summed E-state index contributed by atoms with van der Waals surface area (Å²) < 4.78 is 22.3. The fourth-order valence-corrected chi connectivity index (χ4v) is 3.79. The molecule has 2 aromatic carbocycles. The summed E-state index contributed by atoms with van der Waals surface area (Å²) in [5.41, 5.74) is 0.787. The van der Waals surface area contributed by atoms with Crippen molar-refractivity contribution in [1.82, 2.24) is 0 Å². The number of benzene rings is 2. The zero-order chi connectivity index (χ0) is 18.4. The van der Waals surface area contributed by atoms with Crippen molar-refractivity contribution in [3.63, 3.8) is 0 Å². The number of phenols is 1. The van der Waals surface area contributed by atoms with E-state index in [9.17, 15) is 14.3 Å². The van der Waals surface area contributed by atoms with Crippen LogP contribution in [0, 0.1) is 11.7 Å². The number of methoxy groups -OCH3 is 2. The summed E-state index contributed by atoms with van der Waals surface area (Å²) in [5.74, 6) is -2.02. The fourth-order valence-electron chi connectivity index (χ4n) is 2.96. The zero-order valence-corrected chi connectivity index (χ0v) is 14.9. The predicted molar refractivity (Wildman–Crippen MR) is 92.6 cm³/mol. The molecule has 132 valence electrons. The van der Waals surface area contributed by atoms with Gasteiger partial charge < -0.3 is 14.6 Å². The van der Waals surface area contributed by atoms with Gasteiger partial charge in [0.2, 0.25) is 0 Å². The summed E-state index contributed by atoms with van der Waals surface area (Å²) in [4.78, 5) is 13.0. The number of ether oxygens (including phenoxy) is 2. The smallest absolute Gasteiger partial charge is 0.173 e. The summed E-state index contributed by atoms with van der Waals surface area (Å²) in [6.45, 7) is 0. The van der Waals surface area contributed by atoms with Gasteiger partial charge in [-0.2, -0.15) is 0 Å². The quantitative estimate of drug-likeness (QED) is 0.615. The molecule has 0 heterocycles. The third kappa shape index (κ3) is 3.02. The molecule has 1 saturated carbocycles. The van der Waals surface area contributed by atoms with Gasteiger partial charge in [0.1, 0.15) is 15.8 Å². The second-order valence-corrected chi connectivity index (χ2v) is 7.22. The first-order valence-electron chi connectivity index (χ1n) is 7.43. The molecule has 3 rings (SSSR count). The first-order chi connectivity index (χ1) is 11.8. The van der Waals surface area contributed by atoms with Gasteiger partial charge in [0.05, 0.1) is 25.7 Å². The SMILES string of the molecule is COc1ccc(OC)c(C(=O)C2C(c3ccc(F)c(O)c3)C2(Cl)Cl)c1. The number of halogens is 3. The second kappa shape index (κ2) is 6.39. The van der Waals surface area contributed by atoms with Crippen LogP contribution in [0.1, 0.15) is 21.8 Å². The highest BCUT2D eigenvalue weighted by Gasteiger charge is 2.67. The lowest BCUT2D eigenvalue weighted by atomic mass is 10.0. The van der Waals surface area contributed by atoms with Gasteiger partial charge in [-0.3, -0.25) is 4.79 Å². The Morgan fingerprint density at radius 2 is 1.88 bits per heavy atom. The number of alkyl halides is 2. The van der Waals surface area contributed by atoms with Crippen LogP contribution in [0.25, 0.3) is 0 Å². The first-order valence-corrected chi connectivity index (χ1v) is 8.19. The Balaban J connectivity index is 1.96. The number of ketones is 1. The minimum atomic E-state index is -1.35. The molecule has 0 spiro atoms. The molecule has 25 heavy (non-hydrogen) atoms. The van der Waals surface area contributed by atoms with Crippen molar-refractivity contribution in [1.29, 1.82) is 0 Å². The number of carbonyl (C=O) groups is 1. The Bertz CT molecular complexity index is 838. The van der Waals surface area contributed by atoms with Gasteiger partial charge in [-0.15, -0.1) is 23.2 Å². The largest absolute Gasteiger partial charge is 0.505 e. The lowest BCUT2D eigenvalue weighted by Gasteiger charge is -2.09. The highest BCUT2D eigenvalue weighted by molar-refractivity contribution is 6.54. The molecule has 2 atom stereocenters. The van der Waals surface area contributed by atoms with Crippen LogP contribution >= 0.6 is 23.2 Å². The molecule has 0 amide bonds. The van der Waals surface area contributed by atoms with Crippen molar-refractivity contribution < 1.29 is 23.8 Å². The van der Waals surface area contributed by atoms with Gasteiger partial charge in [-0.1, -0.05) is 6.07 Å². The number of Topliss-reactive ketones (excluding diaryl/α,β-unsaturated/α-hetero) is 1. The van der Waals surface area contributed by atoms with Crippen molar-refractivity contribution in [2.45, 2.75) is 10.3 Å². The Kier molecular flexibility index (Phi) is 4.56. The maximum Gasteiger partial charge on any atom is 0.173 e. The molecule has 4 nitrogen and oxygen atoms in total. The van der Waals surface area contributed by atoms with Gasteiger partial charge in [0, 0.05) is 5.92 Å². The van der Waals surface area contributed by atoms with E-state index in [4.69, 9.17) is 32.7 Å². The number of aromatic hydroxyl groups is 1. The van der Waals surface area contributed by atoms with E-state index < -0.39 is 27.7 Å². The summed E-state index contributed by atoms with van der Waals surface area (Å²) in [6, 6.07) is 8.65. The summed E-state index contributed by atoms with van der Waals surface area (Å²) in [5, 5.41) is 9.56. The monoisotopic (exact) mass is 384 g/mol. The Labute approximate surface area is 154 Å². The highest BCUT2D eigenvalue weighted by atomic mass is 35.5. The van der Waals surface area contributed by atoms with E-state index in [-0.39, 0.29) is 5.78 Å². The molecule has 1 aliphatic rings. The third-order valence-corrected chi connectivity index (χ3v) is 5.28. The summed E-state index contributed by atoms with van der Waals surface area (Å²) in [6.07, 6.45) is 0. The molecule has 7 heteroatoms. The molecule has 0 aliphatic heterocycles. The summed E-state index contributed by atoms with van der Waals surface area (Å²) >= 11 is 12.6. The van der Waals surface area contributed by atoms with Crippen LogP contribution in [0.4, 0.5) is 4.39 Å². The molecular weight excluding hydrogens is 370 g/mol. The number of rotatable bonds is 5. The normalized spacial score (nSPS) is 20.8. The van der Waals surface area contributed by atoms with Gasteiger partial charge >= 0.3 is 0 Å². The molecule has 0 aromatic heterocycles. The molecule has 1 aliphatic carbocycles. The predicted octanol–water partition coefficient (Wildman–Crippen LogP) is 4.32. The van der Waals surface area contributed by atoms with Gasteiger partial charge in [-0.05, 0) is 35.9 Å². The molecule has 0 radical (unpaired) electrons. The van der Waals surface area contributed by atoms with Crippen molar-refractivity contribution >= 4 is 29.0 Å². The average molecular weight is 385 g/mol. The maximum absolute atomic E-state index is 13.3. The van der Waals surface area contributed by atoms with E-state index in [1.165, 1.54) is 26.4 Å². The number of hydrogen-bond acceptors (Lipinski definition) is 4. The van der Waals surface area contributed by atoms with Crippen LogP contribution in [-0.2, 0) is 0 Å². The molecular formula is C18H15Cl2FO4. The van der Waals surface area contributed by atoms with Crippen LogP contribution < -0.4 is 9.47 Å². The van der Waals surface area contributed by atoms with Crippen LogP contribution in [0.2, 0.25) is 0 Å². The Hall–Kier alpha value is -1.98. The fraction of sp³-hybridized carbons (Fsp3) is 0.278. The van der Waals surface area contributed by atoms with Gasteiger partial charge in [0.25, 0.3) is 0 Å². The lowest BCUT2D eigenvalue weighted by Crippen LogP contribution is -2.09. The molecule has 1 N–H and O–H groups in total. The van der Waals surface area contributed by atoms with Crippen LogP contribution in [0.5, 0.6) is 17.2 Å². The molecule has 1 fully saturated rings. The van der Waals surface area contributed by atoms with E-state index >= 15 is 0 Å². The number of carbonyl (C=O) groups excluding carboxylic acids is 1. The lowest BCUT2D eigenvalue weighted by molar-refractivity contribution is 0.0961. The number of phenolic OH excluding ortho intramolecular Hbond substituents is 1. The van der Waals surface area contributed by atoms with Crippen LogP contribution in [0.3, 0.4) is 0 Å². The zero-order valence-electron chi connectivity index (χ0n) is 13.4. The standard InChI is InChI=1S/C18H15Cl2FO4/c1-24-10-4-6-14(25-2)11(8-10)17(23)16-15(18(16,19)20)9-3-5-12(21)13(22)7-9/h3-8,15-16,22H,1-2H3. The maximum atomic E-state index is 13.3. The highest BCUT2D eigenvalue weighted by Crippen LogP contribution is 2.66. The van der Waals surface area contributed by atoms with Crippen LogP contribution in [0.15, 0.2) is 36.4 Å². The van der Waals surface area contributed by atoms with Crippen molar-refractivity contribution in [3.05, 3.63) is 53.3 Å². The van der Waals surface area contributed by atoms with Crippen molar-refractivity contribution in [2.24, 2.45) is 5.92 Å². The first kappa shape index (κ1) is 17.8. The van der Waals surface area contributed by atoms with Gasteiger partial charge in [0.15, 0.2) is 17.3 Å². The average Bonchev–Trinajstić information content (AvgIpc) is 3.18. The van der Waals surface area contributed by atoms with Crippen LogP contribution in [-0.4, -0.2) is 29.4 Å². The van der Waals surface area contributed by atoms with Gasteiger partial charge in [-0.25, -0.2) is 4.39 Å².